The molecule has 2 aromatic carbocycles. The van der Waals surface area contributed by atoms with E-state index < -0.39 is 17.2 Å². The van der Waals surface area contributed by atoms with Crippen molar-refractivity contribution in [3.8, 4) is 0 Å². The topological polar surface area (TPSA) is 101 Å². The highest BCUT2D eigenvalue weighted by molar-refractivity contribution is 6.02. The Kier molecular flexibility index (Phi) is 5.02. The first-order valence-corrected chi connectivity index (χ1v) is 8.55. The molecule has 0 heterocycles. The summed E-state index contributed by atoms with van der Waals surface area (Å²) in [4.78, 5) is 35.8. The molecule has 0 bridgehead atoms. The second-order valence-electron chi connectivity index (χ2n) is 6.49. The highest BCUT2D eigenvalue weighted by Gasteiger charge is 2.45. The minimum atomic E-state index is -0.613. The van der Waals surface area contributed by atoms with Gasteiger partial charge in [0.05, 0.1) is 12.0 Å². The monoisotopic (exact) mass is 351 g/mol. The van der Waals surface area contributed by atoms with Crippen molar-refractivity contribution in [2.75, 3.05) is 11.9 Å². The molecule has 0 spiro atoms. The Morgan fingerprint density at radius 1 is 1.00 bits per heavy atom. The molecule has 1 saturated carbocycles. The van der Waals surface area contributed by atoms with Gasteiger partial charge in [-0.05, 0) is 36.6 Å². The smallest absolute Gasteiger partial charge is 0.251 e. The molecular formula is C20H21N3O3. The van der Waals surface area contributed by atoms with Crippen molar-refractivity contribution in [1.82, 2.24) is 5.32 Å². The fourth-order valence-corrected chi connectivity index (χ4v) is 3.19. The summed E-state index contributed by atoms with van der Waals surface area (Å²) in [6.45, 7) is -0.230. The van der Waals surface area contributed by atoms with Crippen LogP contribution in [0.3, 0.4) is 0 Å². The minimum Gasteiger partial charge on any atom is -0.368 e. The Morgan fingerprint density at radius 3 is 2.35 bits per heavy atom. The molecule has 1 aliphatic carbocycles. The van der Waals surface area contributed by atoms with Gasteiger partial charge in [-0.25, -0.2) is 0 Å². The average Bonchev–Trinajstić information content (AvgIpc) is 2.60. The largest absolute Gasteiger partial charge is 0.368 e. The summed E-state index contributed by atoms with van der Waals surface area (Å²) in [5, 5.41) is 5.36. The second kappa shape index (κ2) is 7.39. The van der Waals surface area contributed by atoms with Crippen LogP contribution in [0, 0.1) is 0 Å². The lowest BCUT2D eigenvalue weighted by Crippen LogP contribution is -2.46. The van der Waals surface area contributed by atoms with Gasteiger partial charge in [0.25, 0.3) is 5.91 Å². The molecule has 1 fully saturated rings. The van der Waals surface area contributed by atoms with Crippen LogP contribution in [0.25, 0.3) is 0 Å². The Bertz CT molecular complexity index is 829. The fourth-order valence-electron chi connectivity index (χ4n) is 3.19. The van der Waals surface area contributed by atoms with Crippen molar-refractivity contribution in [1.29, 1.82) is 0 Å². The van der Waals surface area contributed by atoms with E-state index in [-0.39, 0.29) is 12.5 Å². The predicted molar refractivity (Wildman–Crippen MR) is 98.6 cm³/mol. The molecule has 3 rings (SSSR count). The summed E-state index contributed by atoms with van der Waals surface area (Å²) in [5.74, 6) is -1.09. The zero-order valence-electron chi connectivity index (χ0n) is 14.3. The highest BCUT2D eigenvalue weighted by atomic mass is 16.2. The first-order chi connectivity index (χ1) is 12.5. The van der Waals surface area contributed by atoms with Crippen molar-refractivity contribution in [2.45, 2.75) is 24.7 Å². The van der Waals surface area contributed by atoms with E-state index in [0.717, 1.165) is 24.8 Å². The first kappa shape index (κ1) is 17.7. The molecule has 0 saturated heterocycles. The third kappa shape index (κ3) is 3.59. The average molecular weight is 351 g/mol. The van der Waals surface area contributed by atoms with E-state index in [2.05, 4.69) is 10.6 Å². The van der Waals surface area contributed by atoms with Gasteiger partial charge in [0, 0.05) is 11.3 Å². The van der Waals surface area contributed by atoms with Crippen molar-refractivity contribution < 1.29 is 14.4 Å². The van der Waals surface area contributed by atoms with Gasteiger partial charge in [0.1, 0.15) is 0 Å². The molecule has 0 radical (unpaired) electrons. The van der Waals surface area contributed by atoms with E-state index in [0.29, 0.717) is 11.3 Å². The highest BCUT2D eigenvalue weighted by Crippen LogP contribution is 2.44. The van der Waals surface area contributed by atoms with Gasteiger partial charge >= 0.3 is 0 Å². The van der Waals surface area contributed by atoms with Gasteiger partial charge in [0.2, 0.25) is 11.8 Å². The SMILES string of the molecule is NC(=O)CNC(=O)c1cccc(NC(=O)C2(c3ccccc3)CCC2)c1. The number of anilines is 1. The van der Waals surface area contributed by atoms with E-state index in [1.54, 1.807) is 24.3 Å². The Balaban J connectivity index is 1.74. The molecule has 0 unspecified atom stereocenters. The van der Waals surface area contributed by atoms with Gasteiger partial charge in [-0.2, -0.15) is 0 Å². The summed E-state index contributed by atoms with van der Waals surface area (Å²) in [6, 6.07) is 16.4. The van der Waals surface area contributed by atoms with Crippen molar-refractivity contribution in [3.63, 3.8) is 0 Å². The number of rotatable bonds is 6. The van der Waals surface area contributed by atoms with Gasteiger partial charge in [-0.1, -0.05) is 42.8 Å². The Morgan fingerprint density at radius 2 is 1.73 bits per heavy atom. The molecule has 26 heavy (non-hydrogen) atoms. The minimum absolute atomic E-state index is 0.0651. The molecule has 1 aliphatic rings. The van der Waals surface area contributed by atoms with Crippen LogP contribution in [-0.2, 0) is 15.0 Å². The number of nitrogens with two attached hydrogens (primary N) is 1. The lowest BCUT2D eigenvalue weighted by Gasteiger charge is -2.40. The van der Waals surface area contributed by atoms with Crippen LogP contribution in [0.2, 0.25) is 0 Å². The molecule has 134 valence electrons. The Labute approximate surface area is 151 Å². The van der Waals surface area contributed by atoms with Crippen LogP contribution < -0.4 is 16.4 Å². The van der Waals surface area contributed by atoms with Crippen LogP contribution >= 0.6 is 0 Å². The van der Waals surface area contributed by atoms with Crippen LogP contribution in [0.1, 0.15) is 35.2 Å². The van der Waals surface area contributed by atoms with Crippen molar-refractivity contribution in [2.24, 2.45) is 5.73 Å². The standard InChI is InChI=1S/C20H21N3O3/c21-17(24)13-22-18(25)14-6-4-9-16(12-14)23-19(26)20(10-5-11-20)15-7-2-1-3-8-15/h1-4,6-9,12H,5,10-11,13H2,(H2,21,24)(H,22,25)(H,23,26). The van der Waals surface area contributed by atoms with Crippen molar-refractivity contribution >= 4 is 23.4 Å². The molecule has 2 aromatic rings. The predicted octanol–water partition coefficient (Wildman–Crippen LogP) is 1.96. The van der Waals surface area contributed by atoms with Crippen molar-refractivity contribution in [3.05, 3.63) is 65.7 Å². The number of carbonyl (C=O) groups is 3. The van der Waals surface area contributed by atoms with Crippen LogP contribution in [0.4, 0.5) is 5.69 Å². The number of hydrogen-bond acceptors (Lipinski definition) is 3. The summed E-state index contributed by atoms with van der Waals surface area (Å²) in [5.41, 5.74) is 6.43. The molecule has 0 atom stereocenters. The van der Waals surface area contributed by atoms with Gasteiger partial charge < -0.3 is 16.4 Å². The zero-order valence-corrected chi connectivity index (χ0v) is 14.3. The zero-order chi connectivity index (χ0) is 18.6. The molecule has 4 N–H and O–H groups in total. The third-order valence-corrected chi connectivity index (χ3v) is 4.77. The van der Waals surface area contributed by atoms with E-state index >= 15 is 0 Å². The number of primary amides is 1. The van der Waals surface area contributed by atoms with Crippen LogP contribution in [0.15, 0.2) is 54.6 Å². The normalized spacial score (nSPS) is 14.8. The van der Waals surface area contributed by atoms with Crippen LogP contribution in [0.5, 0.6) is 0 Å². The quantitative estimate of drug-likeness (QED) is 0.741. The van der Waals surface area contributed by atoms with Gasteiger partial charge in [0.15, 0.2) is 0 Å². The second-order valence-corrected chi connectivity index (χ2v) is 6.49. The maximum absolute atomic E-state index is 12.9. The third-order valence-electron chi connectivity index (χ3n) is 4.77. The molecule has 3 amide bonds. The first-order valence-electron chi connectivity index (χ1n) is 8.55. The van der Waals surface area contributed by atoms with Gasteiger partial charge in [-0.15, -0.1) is 0 Å². The molecule has 6 heteroatoms. The number of carbonyl (C=O) groups excluding carboxylic acids is 3. The van der Waals surface area contributed by atoms with Crippen LogP contribution in [-0.4, -0.2) is 24.3 Å². The molecule has 0 aromatic heterocycles. The number of hydrogen-bond donors (Lipinski definition) is 3. The lowest BCUT2D eigenvalue weighted by molar-refractivity contribution is -0.124. The Hall–Kier alpha value is -3.15. The maximum atomic E-state index is 12.9. The maximum Gasteiger partial charge on any atom is 0.251 e. The van der Waals surface area contributed by atoms with E-state index in [1.165, 1.54) is 0 Å². The van der Waals surface area contributed by atoms with E-state index in [1.807, 2.05) is 30.3 Å². The summed E-state index contributed by atoms with van der Waals surface area (Å²) in [6.07, 6.45) is 2.63. The van der Waals surface area contributed by atoms with E-state index in [9.17, 15) is 14.4 Å². The lowest BCUT2D eigenvalue weighted by atomic mass is 9.64. The molecular weight excluding hydrogens is 330 g/mol. The summed E-state index contributed by atoms with van der Waals surface area (Å²) >= 11 is 0. The number of nitrogens with one attached hydrogen (secondary N) is 2. The molecule has 6 nitrogen and oxygen atoms in total. The number of amides is 3. The summed E-state index contributed by atoms with van der Waals surface area (Å²) < 4.78 is 0. The van der Waals surface area contributed by atoms with Gasteiger partial charge in [-0.3, -0.25) is 14.4 Å². The summed E-state index contributed by atoms with van der Waals surface area (Å²) in [7, 11) is 0. The number of benzene rings is 2. The van der Waals surface area contributed by atoms with E-state index in [4.69, 9.17) is 5.73 Å². The molecule has 0 aliphatic heterocycles. The fraction of sp³-hybridized carbons (Fsp3) is 0.250.